The molecule has 3 amide bonds. The predicted octanol–water partition coefficient (Wildman–Crippen LogP) is 3.53. The molecule has 40 heavy (non-hydrogen) atoms. The molecule has 1 atom stereocenters. The minimum atomic E-state index is -0.596. The number of hydrogen-bond donors (Lipinski definition) is 1. The molecule has 3 aromatic carbocycles. The molecule has 0 aliphatic carbocycles. The summed E-state index contributed by atoms with van der Waals surface area (Å²) in [4.78, 5) is 53.7. The van der Waals surface area contributed by atoms with Gasteiger partial charge in [0.15, 0.2) is 5.78 Å². The Bertz CT molecular complexity index is 1490. The van der Waals surface area contributed by atoms with Gasteiger partial charge in [0.1, 0.15) is 11.9 Å². The molecule has 2 aliphatic rings. The molecule has 5 rings (SSSR count). The maximum atomic E-state index is 15.1. The monoisotopic (exact) mass is 544 g/mol. The van der Waals surface area contributed by atoms with Gasteiger partial charge in [-0.2, -0.15) is 0 Å². The number of benzene rings is 3. The lowest BCUT2D eigenvalue weighted by Crippen LogP contribution is -2.48. The highest BCUT2D eigenvalue weighted by Gasteiger charge is 2.33. The number of amides is 3. The first-order valence-corrected chi connectivity index (χ1v) is 13.1. The highest BCUT2D eigenvalue weighted by molar-refractivity contribution is 6.14. The first-order valence-electron chi connectivity index (χ1n) is 13.1. The van der Waals surface area contributed by atoms with Gasteiger partial charge >= 0.3 is 6.09 Å². The summed E-state index contributed by atoms with van der Waals surface area (Å²) in [6.45, 7) is 3.34. The molecule has 0 aromatic heterocycles. The van der Waals surface area contributed by atoms with E-state index in [2.05, 4.69) is 5.32 Å². The first-order chi connectivity index (χ1) is 19.3. The fourth-order valence-electron chi connectivity index (χ4n) is 4.97. The van der Waals surface area contributed by atoms with Gasteiger partial charge in [-0.15, -0.1) is 0 Å². The quantitative estimate of drug-likeness (QED) is 0.361. The molecule has 2 saturated heterocycles. The number of ketones is 1. The zero-order valence-electron chi connectivity index (χ0n) is 22.0. The number of ether oxygens (including phenoxy) is 1. The maximum absolute atomic E-state index is 15.1. The topological polar surface area (TPSA) is 99.3 Å². The van der Waals surface area contributed by atoms with Gasteiger partial charge < -0.3 is 19.9 Å². The molecule has 2 heterocycles. The lowest BCUT2D eigenvalue weighted by Gasteiger charge is -2.36. The molecule has 3 aromatic rings. The minimum absolute atomic E-state index is 0.188. The Kier molecular flexibility index (Phi) is 7.77. The van der Waals surface area contributed by atoms with Crippen LogP contribution in [0.5, 0.6) is 0 Å². The van der Waals surface area contributed by atoms with Crippen LogP contribution in [0, 0.1) is 5.82 Å². The van der Waals surface area contributed by atoms with Crippen molar-refractivity contribution in [3.8, 4) is 0 Å². The molecule has 0 unspecified atom stereocenters. The SMILES string of the molecule is CC(=O)NC[C@H]1CN(c2ccc(N3CCN(C(=O)/C=C/C(=O)c4cccc5ccccc45)CC3)c(F)c2)C(=O)O1. The van der Waals surface area contributed by atoms with E-state index in [0.29, 0.717) is 43.1 Å². The van der Waals surface area contributed by atoms with Crippen molar-refractivity contribution in [3.63, 3.8) is 0 Å². The van der Waals surface area contributed by atoms with Gasteiger partial charge in [0.2, 0.25) is 11.8 Å². The zero-order chi connectivity index (χ0) is 28.2. The summed E-state index contributed by atoms with van der Waals surface area (Å²) in [5.74, 6) is -1.23. The number of nitrogens with one attached hydrogen (secondary N) is 1. The van der Waals surface area contributed by atoms with E-state index in [4.69, 9.17) is 4.74 Å². The van der Waals surface area contributed by atoms with E-state index in [1.54, 1.807) is 23.1 Å². The zero-order valence-corrected chi connectivity index (χ0v) is 22.0. The van der Waals surface area contributed by atoms with Crippen LogP contribution in [0.3, 0.4) is 0 Å². The second-order valence-electron chi connectivity index (χ2n) is 9.73. The maximum Gasteiger partial charge on any atom is 0.414 e. The summed E-state index contributed by atoms with van der Waals surface area (Å²) in [6, 6.07) is 17.6. The van der Waals surface area contributed by atoms with E-state index in [-0.39, 0.29) is 30.7 Å². The van der Waals surface area contributed by atoms with Gasteiger partial charge in [0, 0.05) is 44.7 Å². The Morgan fingerprint density at radius 1 is 1.00 bits per heavy atom. The van der Waals surface area contributed by atoms with E-state index in [9.17, 15) is 19.2 Å². The highest BCUT2D eigenvalue weighted by Crippen LogP contribution is 2.28. The normalized spacial score (nSPS) is 17.4. The minimum Gasteiger partial charge on any atom is -0.442 e. The van der Waals surface area contributed by atoms with E-state index in [0.717, 1.165) is 10.8 Å². The van der Waals surface area contributed by atoms with Gasteiger partial charge in [0.25, 0.3) is 0 Å². The fraction of sp³-hybridized carbons (Fsp3) is 0.267. The van der Waals surface area contributed by atoms with Crippen molar-refractivity contribution in [1.29, 1.82) is 0 Å². The molecule has 0 radical (unpaired) electrons. The van der Waals surface area contributed by atoms with Crippen molar-refractivity contribution in [2.45, 2.75) is 13.0 Å². The highest BCUT2D eigenvalue weighted by atomic mass is 19.1. The first kappa shape index (κ1) is 26.9. The number of nitrogens with zero attached hydrogens (tertiary/aromatic N) is 3. The van der Waals surface area contributed by atoms with E-state index in [1.165, 1.54) is 30.0 Å². The molecule has 0 saturated carbocycles. The van der Waals surface area contributed by atoms with Crippen LogP contribution >= 0.6 is 0 Å². The summed E-state index contributed by atoms with van der Waals surface area (Å²) >= 11 is 0. The summed E-state index contributed by atoms with van der Waals surface area (Å²) < 4.78 is 20.4. The lowest BCUT2D eigenvalue weighted by atomic mass is 10.0. The lowest BCUT2D eigenvalue weighted by molar-refractivity contribution is -0.126. The molecule has 2 aliphatic heterocycles. The van der Waals surface area contributed by atoms with Crippen LogP contribution in [0.4, 0.5) is 20.6 Å². The molecule has 0 spiro atoms. The molecular weight excluding hydrogens is 515 g/mol. The number of halogens is 1. The van der Waals surface area contributed by atoms with Crippen LogP contribution in [0.15, 0.2) is 72.8 Å². The van der Waals surface area contributed by atoms with Crippen LogP contribution in [0.2, 0.25) is 0 Å². The van der Waals surface area contributed by atoms with Crippen LogP contribution in [-0.4, -0.2) is 74.0 Å². The van der Waals surface area contributed by atoms with Gasteiger partial charge in [0.05, 0.1) is 24.5 Å². The van der Waals surface area contributed by atoms with Gasteiger partial charge in [-0.25, -0.2) is 9.18 Å². The number of allylic oxidation sites excluding steroid dienone is 1. The summed E-state index contributed by atoms with van der Waals surface area (Å²) in [5, 5.41) is 4.40. The molecule has 1 N–H and O–H groups in total. The van der Waals surface area contributed by atoms with Crippen molar-refractivity contribution in [2.24, 2.45) is 0 Å². The number of cyclic esters (lactones) is 1. The Morgan fingerprint density at radius 2 is 1.75 bits per heavy atom. The Hall–Kier alpha value is -4.73. The van der Waals surface area contributed by atoms with Gasteiger partial charge in [-0.1, -0.05) is 42.5 Å². The largest absolute Gasteiger partial charge is 0.442 e. The van der Waals surface area contributed by atoms with Crippen molar-refractivity contribution in [1.82, 2.24) is 10.2 Å². The third-order valence-electron chi connectivity index (χ3n) is 7.06. The number of anilines is 2. The molecule has 2 fully saturated rings. The molecule has 9 nitrogen and oxygen atoms in total. The summed E-state index contributed by atoms with van der Waals surface area (Å²) in [6.07, 6.45) is 1.49. The number of hydrogen-bond acceptors (Lipinski definition) is 6. The fourth-order valence-corrected chi connectivity index (χ4v) is 4.97. The summed E-state index contributed by atoms with van der Waals surface area (Å²) in [7, 11) is 0. The van der Waals surface area contributed by atoms with Crippen molar-refractivity contribution < 1.29 is 28.3 Å². The standard InChI is InChI=1S/C30H29FN4O5/c1-20(36)32-18-23-19-35(30(39)40-23)22-9-10-27(26(31)17-22)33-13-15-34(16-14-33)29(38)12-11-28(37)25-8-4-6-21-5-2-3-7-24(21)25/h2-12,17,23H,13-16,18-19H2,1H3,(H,32,36)/b12-11+/t23-/m0/s1. The average molecular weight is 545 g/mol. The van der Waals surface area contributed by atoms with Gasteiger partial charge in [-0.3, -0.25) is 19.3 Å². The van der Waals surface area contributed by atoms with Crippen LogP contribution in [-0.2, 0) is 14.3 Å². The predicted molar refractivity (Wildman–Crippen MR) is 149 cm³/mol. The van der Waals surface area contributed by atoms with Crippen LogP contribution in [0.1, 0.15) is 17.3 Å². The number of fused-ring (bicyclic) bond motifs is 1. The molecule has 0 bridgehead atoms. The Morgan fingerprint density at radius 3 is 2.50 bits per heavy atom. The number of carbonyl (C=O) groups excluding carboxylic acids is 4. The molecule has 206 valence electrons. The van der Waals surface area contributed by atoms with E-state index >= 15 is 4.39 Å². The van der Waals surface area contributed by atoms with Crippen LogP contribution in [0.25, 0.3) is 10.8 Å². The second kappa shape index (κ2) is 11.6. The third kappa shape index (κ3) is 5.80. The Labute approximate surface area is 230 Å². The van der Waals surface area contributed by atoms with Crippen molar-refractivity contribution >= 4 is 45.8 Å². The van der Waals surface area contributed by atoms with Crippen molar-refractivity contribution in [3.05, 3.63) is 84.2 Å². The van der Waals surface area contributed by atoms with Crippen molar-refractivity contribution in [2.75, 3.05) is 49.1 Å². The van der Waals surface area contributed by atoms with E-state index in [1.807, 2.05) is 41.3 Å². The molecular formula is C30H29FN4O5. The average Bonchev–Trinajstić information content (AvgIpc) is 3.34. The smallest absolute Gasteiger partial charge is 0.414 e. The number of carbonyl (C=O) groups is 4. The number of piperazine rings is 1. The van der Waals surface area contributed by atoms with Gasteiger partial charge in [-0.05, 0) is 35.0 Å². The third-order valence-corrected chi connectivity index (χ3v) is 7.06. The van der Waals surface area contributed by atoms with Crippen LogP contribution < -0.4 is 15.1 Å². The Balaban J connectivity index is 1.17. The number of rotatable bonds is 7. The summed E-state index contributed by atoms with van der Waals surface area (Å²) in [5.41, 5.74) is 1.28. The molecule has 10 heteroatoms. The second-order valence-corrected chi connectivity index (χ2v) is 9.73. The van der Waals surface area contributed by atoms with E-state index < -0.39 is 18.0 Å².